The Morgan fingerprint density at radius 1 is 0.652 bits per heavy atom. The highest BCUT2D eigenvalue weighted by molar-refractivity contribution is 5.87. The second-order valence-electron chi connectivity index (χ2n) is 6.28. The third-order valence-electron chi connectivity index (χ3n) is 4.36. The molecular weight excluding hydrogens is 276 g/mol. The lowest BCUT2D eigenvalue weighted by Crippen LogP contribution is -1.87. The van der Waals surface area contributed by atoms with Crippen LogP contribution in [0, 0.1) is 0 Å². The molecule has 0 amide bonds. The summed E-state index contributed by atoms with van der Waals surface area (Å²) in [6.45, 7) is 12.1. The Hall–Kier alpha value is -2.60. The van der Waals surface area contributed by atoms with Gasteiger partial charge in [-0.3, -0.25) is 0 Å². The van der Waals surface area contributed by atoms with Gasteiger partial charge in [-0.15, -0.1) is 0 Å². The number of hydrogen-bond donors (Lipinski definition) is 0. The molecule has 0 unspecified atom stereocenters. The first-order valence-electron chi connectivity index (χ1n) is 7.97. The monoisotopic (exact) mass is 298 g/mol. The van der Waals surface area contributed by atoms with E-state index in [1.54, 1.807) is 0 Å². The minimum Gasteiger partial charge on any atom is -0.0955 e. The Kier molecular flexibility index (Phi) is 4.16. The van der Waals surface area contributed by atoms with E-state index in [2.05, 4.69) is 73.8 Å². The summed E-state index contributed by atoms with van der Waals surface area (Å²) >= 11 is 0. The molecule has 1 aliphatic rings. The molecule has 0 bridgehead atoms. The molecule has 0 N–H and O–H groups in total. The Morgan fingerprint density at radius 3 is 1.30 bits per heavy atom. The normalized spacial score (nSPS) is 13.5. The third kappa shape index (κ3) is 3.27. The van der Waals surface area contributed by atoms with E-state index in [1.165, 1.54) is 33.4 Å². The molecule has 0 nitrogen and oxygen atoms in total. The van der Waals surface area contributed by atoms with Crippen LogP contribution in [-0.4, -0.2) is 0 Å². The molecule has 0 fully saturated rings. The van der Waals surface area contributed by atoms with Gasteiger partial charge in [-0.05, 0) is 53.7 Å². The van der Waals surface area contributed by atoms with Gasteiger partial charge in [0.05, 0.1) is 0 Å². The second-order valence-corrected chi connectivity index (χ2v) is 6.28. The van der Waals surface area contributed by atoms with Crippen molar-refractivity contribution in [2.24, 2.45) is 0 Å². The van der Waals surface area contributed by atoms with Gasteiger partial charge >= 0.3 is 0 Å². The summed E-state index contributed by atoms with van der Waals surface area (Å²) in [6, 6.07) is 17.4. The molecule has 0 radical (unpaired) electrons. The van der Waals surface area contributed by atoms with Crippen LogP contribution in [0.15, 0.2) is 73.8 Å². The van der Waals surface area contributed by atoms with Crippen molar-refractivity contribution < 1.29 is 0 Å². The van der Waals surface area contributed by atoms with E-state index in [4.69, 9.17) is 0 Å². The molecule has 3 rings (SSSR count). The van der Waals surface area contributed by atoms with E-state index in [9.17, 15) is 0 Å². The molecule has 2 aromatic rings. The van der Waals surface area contributed by atoms with Gasteiger partial charge in [0.25, 0.3) is 0 Å². The SMILES string of the molecule is C=C(C)c1ccc(C2=CC=C(c3ccc(C(=C)C)cc3)C2)cc1. The van der Waals surface area contributed by atoms with Crippen LogP contribution < -0.4 is 0 Å². The van der Waals surface area contributed by atoms with E-state index in [-0.39, 0.29) is 0 Å². The molecule has 0 saturated carbocycles. The fourth-order valence-electron chi connectivity index (χ4n) is 2.86. The summed E-state index contributed by atoms with van der Waals surface area (Å²) < 4.78 is 0. The summed E-state index contributed by atoms with van der Waals surface area (Å²) in [5.41, 5.74) is 9.95. The minimum atomic E-state index is 0.985. The van der Waals surface area contributed by atoms with Crippen molar-refractivity contribution in [3.63, 3.8) is 0 Å². The van der Waals surface area contributed by atoms with Gasteiger partial charge in [-0.1, -0.05) is 85.0 Å². The first-order valence-corrected chi connectivity index (χ1v) is 7.97. The van der Waals surface area contributed by atoms with E-state index in [0.29, 0.717) is 0 Å². The van der Waals surface area contributed by atoms with E-state index in [0.717, 1.165) is 17.6 Å². The predicted molar refractivity (Wildman–Crippen MR) is 103 cm³/mol. The molecule has 0 heteroatoms. The molecule has 0 spiro atoms. The summed E-state index contributed by atoms with van der Waals surface area (Å²) in [7, 11) is 0. The lowest BCUT2D eigenvalue weighted by atomic mass is 9.96. The van der Waals surface area contributed by atoms with Crippen LogP contribution in [-0.2, 0) is 0 Å². The summed E-state index contributed by atoms with van der Waals surface area (Å²) in [6.07, 6.45) is 5.45. The zero-order chi connectivity index (χ0) is 16.4. The second kappa shape index (κ2) is 6.26. The molecule has 114 valence electrons. The first-order chi connectivity index (χ1) is 11.0. The van der Waals surface area contributed by atoms with Crippen molar-refractivity contribution >= 4 is 22.3 Å². The predicted octanol–water partition coefficient (Wildman–Crippen LogP) is 6.62. The maximum absolute atomic E-state index is 3.99. The maximum Gasteiger partial charge on any atom is -0.00139 e. The topological polar surface area (TPSA) is 0 Å². The van der Waals surface area contributed by atoms with Crippen molar-refractivity contribution in [2.75, 3.05) is 0 Å². The Bertz CT molecular complexity index is 738. The molecule has 1 aliphatic carbocycles. The minimum absolute atomic E-state index is 0.985. The zero-order valence-electron chi connectivity index (χ0n) is 13.9. The number of rotatable bonds is 4. The summed E-state index contributed by atoms with van der Waals surface area (Å²) in [5, 5.41) is 0. The van der Waals surface area contributed by atoms with Crippen LogP contribution in [0.4, 0.5) is 0 Å². The lowest BCUT2D eigenvalue weighted by Gasteiger charge is -2.08. The third-order valence-corrected chi connectivity index (χ3v) is 4.36. The van der Waals surface area contributed by atoms with Crippen molar-refractivity contribution in [1.82, 2.24) is 0 Å². The maximum atomic E-state index is 3.99. The van der Waals surface area contributed by atoms with Gasteiger partial charge in [0.1, 0.15) is 0 Å². The molecule has 23 heavy (non-hydrogen) atoms. The zero-order valence-corrected chi connectivity index (χ0v) is 13.9. The van der Waals surface area contributed by atoms with Crippen molar-refractivity contribution in [3.8, 4) is 0 Å². The van der Waals surface area contributed by atoms with Gasteiger partial charge in [0, 0.05) is 0 Å². The molecule has 0 heterocycles. The number of benzene rings is 2. The Morgan fingerprint density at radius 2 is 1.00 bits per heavy atom. The van der Waals surface area contributed by atoms with Crippen molar-refractivity contribution in [3.05, 3.63) is 96.1 Å². The van der Waals surface area contributed by atoms with Gasteiger partial charge < -0.3 is 0 Å². The van der Waals surface area contributed by atoms with Crippen LogP contribution in [0.5, 0.6) is 0 Å². The standard InChI is InChI=1S/C23H22/c1-16(2)18-5-9-20(10-6-18)22-13-14-23(15-22)21-11-7-19(8-12-21)17(3)4/h5-14H,1,3,15H2,2,4H3. The lowest BCUT2D eigenvalue weighted by molar-refractivity contribution is 1.41. The average Bonchev–Trinajstić information content (AvgIpc) is 3.05. The fourth-order valence-corrected chi connectivity index (χ4v) is 2.86. The average molecular weight is 298 g/mol. The molecular formula is C23H22. The Labute approximate surface area is 139 Å². The van der Waals surface area contributed by atoms with Crippen LogP contribution in [0.2, 0.25) is 0 Å². The van der Waals surface area contributed by atoms with Crippen LogP contribution in [0.3, 0.4) is 0 Å². The van der Waals surface area contributed by atoms with Gasteiger partial charge in [-0.25, -0.2) is 0 Å². The van der Waals surface area contributed by atoms with Gasteiger partial charge in [-0.2, -0.15) is 0 Å². The fraction of sp³-hybridized carbons (Fsp3) is 0.130. The molecule has 0 atom stereocenters. The molecule has 0 aliphatic heterocycles. The quantitative estimate of drug-likeness (QED) is 0.594. The van der Waals surface area contributed by atoms with Crippen molar-refractivity contribution in [1.29, 1.82) is 0 Å². The molecule has 0 aromatic heterocycles. The van der Waals surface area contributed by atoms with Gasteiger partial charge in [0.15, 0.2) is 0 Å². The van der Waals surface area contributed by atoms with E-state index < -0.39 is 0 Å². The number of allylic oxidation sites excluding steroid dienone is 6. The first kappa shape index (κ1) is 15.3. The van der Waals surface area contributed by atoms with Crippen LogP contribution in [0.1, 0.15) is 42.5 Å². The molecule has 0 saturated heterocycles. The van der Waals surface area contributed by atoms with Crippen molar-refractivity contribution in [2.45, 2.75) is 20.3 Å². The van der Waals surface area contributed by atoms with Crippen LogP contribution >= 0.6 is 0 Å². The highest BCUT2D eigenvalue weighted by Crippen LogP contribution is 2.34. The smallest absolute Gasteiger partial charge is 0.00139 e. The van der Waals surface area contributed by atoms with E-state index >= 15 is 0 Å². The summed E-state index contributed by atoms with van der Waals surface area (Å²) in [4.78, 5) is 0. The summed E-state index contributed by atoms with van der Waals surface area (Å²) in [5.74, 6) is 0. The van der Waals surface area contributed by atoms with Crippen LogP contribution in [0.25, 0.3) is 22.3 Å². The molecule has 2 aromatic carbocycles. The van der Waals surface area contributed by atoms with Gasteiger partial charge in [0.2, 0.25) is 0 Å². The largest absolute Gasteiger partial charge is 0.0955 e. The van der Waals surface area contributed by atoms with E-state index in [1.807, 2.05) is 13.8 Å². The number of hydrogen-bond acceptors (Lipinski definition) is 0. The highest BCUT2D eigenvalue weighted by Gasteiger charge is 2.12. The highest BCUT2D eigenvalue weighted by atomic mass is 14.2. The Balaban J connectivity index is 1.74.